The summed E-state index contributed by atoms with van der Waals surface area (Å²) in [5.41, 5.74) is 3.33. The van der Waals surface area contributed by atoms with Crippen molar-refractivity contribution in [2.45, 2.75) is 0 Å². The zero-order valence-corrected chi connectivity index (χ0v) is 12.3. The Morgan fingerprint density at radius 3 is 2.86 bits per heavy atom. The van der Waals surface area contributed by atoms with Crippen molar-refractivity contribution in [2.75, 3.05) is 26.6 Å². The van der Waals surface area contributed by atoms with E-state index in [1.807, 2.05) is 0 Å². The number of rotatable bonds is 5. The zero-order valence-electron chi connectivity index (χ0n) is 12.3. The highest BCUT2D eigenvalue weighted by atomic mass is 16.6. The number of ether oxygens (including phenoxy) is 2. The Kier molecular flexibility index (Phi) is 4.85. The maximum atomic E-state index is 11.6. The van der Waals surface area contributed by atoms with Crippen molar-refractivity contribution < 1.29 is 14.3 Å². The first-order valence-corrected chi connectivity index (χ1v) is 6.20. The van der Waals surface area contributed by atoms with Crippen molar-refractivity contribution in [1.82, 2.24) is 25.5 Å². The smallest absolute Gasteiger partial charge is 0.414 e. The van der Waals surface area contributed by atoms with Gasteiger partial charge in [0.15, 0.2) is 11.5 Å². The molecular weight excluding hydrogens is 290 g/mol. The first kappa shape index (κ1) is 15.2. The quantitative estimate of drug-likeness (QED) is 0.617. The van der Waals surface area contributed by atoms with Gasteiger partial charge in [-0.15, -0.1) is 5.10 Å². The second-order valence-electron chi connectivity index (χ2n) is 4.28. The molecule has 0 aliphatic heterocycles. The molecular formula is C12H15N7O3. The van der Waals surface area contributed by atoms with Crippen molar-refractivity contribution in [3.8, 4) is 11.5 Å². The third-order valence-corrected chi connectivity index (χ3v) is 2.47. The molecule has 0 spiro atoms. The van der Waals surface area contributed by atoms with Gasteiger partial charge in [-0.1, -0.05) is 5.10 Å². The predicted molar refractivity (Wildman–Crippen MR) is 78.1 cm³/mol. The Hall–Kier alpha value is -3.17. The van der Waals surface area contributed by atoms with E-state index in [-0.39, 0.29) is 5.95 Å². The van der Waals surface area contributed by atoms with Crippen LogP contribution in [0, 0.1) is 0 Å². The molecule has 0 bridgehead atoms. The molecule has 2 N–H and O–H groups in total. The van der Waals surface area contributed by atoms with Crippen molar-refractivity contribution >= 4 is 18.3 Å². The van der Waals surface area contributed by atoms with Gasteiger partial charge in [-0.05, 0) is 29.0 Å². The summed E-state index contributed by atoms with van der Waals surface area (Å²) in [6.07, 6.45) is 1.05. The number of aromatic nitrogens is 4. The van der Waals surface area contributed by atoms with Gasteiger partial charge in [0.2, 0.25) is 0 Å². The van der Waals surface area contributed by atoms with E-state index in [1.165, 1.54) is 18.2 Å². The van der Waals surface area contributed by atoms with Gasteiger partial charge in [-0.3, -0.25) is 0 Å². The molecule has 0 fully saturated rings. The lowest BCUT2D eigenvalue weighted by molar-refractivity contribution is 0.170. The highest BCUT2D eigenvalue weighted by Gasteiger charge is 2.11. The second kappa shape index (κ2) is 7.02. The number of tetrazole rings is 1. The minimum Gasteiger partial charge on any atom is -0.493 e. The molecule has 0 aliphatic carbocycles. The van der Waals surface area contributed by atoms with Gasteiger partial charge in [0.1, 0.15) is 0 Å². The van der Waals surface area contributed by atoms with E-state index in [0.29, 0.717) is 11.5 Å². The van der Waals surface area contributed by atoms with E-state index in [1.54, 1.807) is 32.3 Å². The van der Waals surface area contributed by atoms with Crippen LogP contribution in [0.25, 0.3) is 0 Å². The summed E-state index contributed by atoms with van der Waals surface area (Å²) in [7, 11) is 4.68. The van der Waals surface area contributed by atoms with Crippen LogP contribution in [0.4, 0.5) is 10.7 Å². The average molecular weight is 305 g/mol. The average Bonchev–Trinajstić information content (AvgIpc) is 3.01. The molecule has 1 aromatic carbocycles. The van der Waals surface area contributed by atoms with Gasteiger partial charge in [-0.2, -0.15) is 10.3 Å². The summed E-state index contributed by atoms with van der Waals surface area (Å²) in [6, 6.07) is 5.03. The Balaban J connectivity index is 2.07. The maximum Gasteiger partial charge on any atom is 0.414 e. The molecule has 2 aromatic rings. The van der Waals surface area contributed by atoms with Gasteiger partial charge in [0.05, 0.1) is 13.3 Å². The minimum absolute atomic E-state index is 0.250. The van der Waals surface area contributed by atoms with Gasteiger partial charge in [0.25, 0.3) is 5.95 Å². The summed E-state index contributed by atoms with van der Waals surface area (Å²) in [5, 5.41) is 17.0. The van der Waals surface area contributed by atoms with Crippen LogP contribution in [0.2, 0.25) is 0 Å². The fourth-order valence-corrected chi connectivity index (χ4v) is 1.41. The van der Waals surface area contributed by atoms with Gasteiger partial charge in [-0.25, -0.2) is 10.2 Å². The van der Waals surface area contributed by atoms with Crippen molar-refractivity contribution in [3.63, 3.8) is 0 Å². The van der Waals surface area contributed by atoms with Gasteiger partial charge in [0, 0.05) is 14.1 Å². The third-order valence-electron chi connectivity index (χ3n) is 2.47. The fraction of sp³-hybridized carbons (Fsp3) is 0.250. The van der Waals surface area contributed by atoms with Crippen LogP contribution in [0.5, 0.6) is 11.5 Å². The van der Waals surface area contributed by atoms with Crippen LogP contribution < -0.4 is 14.9 Å². The zero-order chi connectivity index (χ0) is 15.9. The predicted octanol–water partition coefficient (Wildman–Crippen LogP) is 0.715. The van der Waals surface area contributed by atoms with Crippen molar-refractivity contribution in [2.24, 2.45) is 5.10 Å². The molecule has 0 unspecified atom stereocenters. The number of hydrazone groups is 1. The van der Waals surface area contributed by atoms with E-state index in [4.69, 9.17) is 9.47 Å². The Bertz CT molecular complexity index is 655. The molecule has 0 saturated carbocycles. The lowest BCUT2D eigenvalue weighted by atomic mass is 10.2. The van der Waals surface area contributed by atoms with Crippen LogP contribution >= 0.6 is 0 Å². The molecule has 10 heteroatoms. The number of carbonyl (C=O) groups excluding carboxylic acids is 1. The normalized spacial score (nSPS) is 10.5. The summed E-state index contributed by atoms with van der Waals surface area (Å²) in [5.74, 6) is 0.989. The summed E-state index contributed by atoms with van der Waals surface area (Å²) in [6.45, 7) is 0. The highest BCUT2D eigenvalue weighted by molar-refractivity contribution is 5.82. The van der Waals surface area contributed by atoms with Gasteiger partial charge >= 0.3 is 6.09 Å². The third kappa shape index (κ3) is 3.91. The van der Waals surface area contributed by atoms with E-state index >= 15 is 0 Å². The minimum atomic E-state index is -0.488. The summed E-state index contributed by atoms with van der Waals surface area (Å²) in [4.78, 5) is 12.9. The molecule has 0 radical (unpaired) electrons. The maximum absolute atomic E-state index is 11.6. The number of amides is 1. The number of hydrogen-bond donors (Lipinski definition) is 2. The Labute approximate surface area is 126 Å². The number of benzene rings is 1. The highest BCUT2D eigenvalue weighted by Crippen LogP contribution is 2.28. The number of hydrogen-bond acceptors (Lipinski definition) is 8. The van der Waals surface area contributed by atoms with Crippen LogP contribution in [-0.4, -0.2) is 59.0 Å². The number of anilines is 1. The molecule has 1 aromatic heterocycles. The van der Waals surface area contributed by atoms with Crippen LogP contribution in [0.1, 0.15) is 5.56 Å². The first-order chi connectivity index (χ1) is 10.6. The number of nitrogens with one attached hydrogen (secondary N) is 2. The van der Waals surface area contributed by atoms with Crippen LogP contribution in [-0.2, 0) is 0 Å². The number of H-pyrrole nitrogens is 1. The van der Waals surface area contributed by atoms with Crippen molar-refractivity contribution in [1.29, 1.82) is 0 Å². The Morgan fingerprint density at radius 1 is 1.41 bits per heavy atom. The molecule has 2 rings (SSSR count). The number of aromatic amines is 1. The largest absolute Gasteiger partial charge is 0.493 e. The van der Waals surface area contributed by atoms with E-state index < -0.39 is 6.09 Å². The molecule has 0 atom stereocenters. The lowest BCUT2D eigenvalue weighted by Crippen LogP contribution is -2.25. The van der Waals surface area contributed by atoms with Crippen molar-refractivity contribution in [3.05, 3.63) is 23.8 Å². The standard InChI is InChI=1S/C12H15N7O3/c1-19(2)12(20)22-9-5-4-8(6-10(9)21-3)7-13-14-11-15-17-18-16-11/h4-7H,1-3H3,(H2,14,15,16,17,18). The van der Waals surface area contributed by atoms with Crippen LogP contribution in [0.3, 0.4) is 0 Å². The first-order valence-electron chi connectivity index (χ1n) is 6.20. The Morgan fingerprint density at radius 2 is 2.23 bits per heavy atom. The van der Waals surface area contributed by atoms with Crippen LogP contribution in [0.15, 0.2) is 23.3 Å². The number of nitrogens with zero attached hydrogens (tertiary/aromatic N) is 5. The van der Waals surface area contributed by atoms with E-state index in [2.05, 4.69) is 31.2 Å². The van der Waals surface area contributed by atoms with E-state index in [9.17, 15) is 4.79 Å². The molecule has 0 aliphatic rings. The molecule has 0 saturated heterocycles. The molecule has 22 heavy (non-hydrogen) atoms. The number of carbonyl (C=O) groups is 1. The molecule has 10 nitrogen and oxygen atoms in total. The molecule has 1 heterocycles. The number of methoxy groups -OCH3 is 1. The second-order valence-corrected chi connectivity index (χ2v) is 4.28. The topological polar surface area (TPSA) is 118 Å². The summed E-state index contributed by atoms with van der Waals surface area (Å²) < 4.78 is 10.4. The molecule has 116 valence electrons. The fourth-order valence-electron chi connectivity index (χ4n) is 1.41. The van der Waals surface area contributed by atoms with E-state index in [0.717, 1.165) is 5.56 Å². The SMILES string of the molecule is COc1cc(C=NNc2nn[nH]n2)ccc1OC(=O)N(C)C. The molecule has 1 amide bonds. The lowest BCUT2D eigenvalue weighted by Gasteiger charge is -2.13. The monoisotopic (exact) mass is 305 g/mol. The van der Waals surface area contributed by atoms with Gasteiger partial charge < -0.3 is 14.4 Å². The summed E-state index contributed by atoms with van der Waals surface area (Å²) >= 11 is 0.